The number of non-ortho nitro benzene ring substituents is 1. The van der Waals surface area contributed by atoms with Crippen molar-refractivity contribution in [2.45, 2.75) is 30.9 Å². The average Bonchev–Trinajstić information content (AvgIpc) is 2.92. The third-order valence-electron chi connectivity index (χ3n) is 4.62. The van der Waals surface area contributed by atoms with Gasteiger partial charge in [-0.05, 0) is 36.0 Å². The molecule has 0 radical (unpaired) electrons. The molecular weight excluding hydrogens is 314 g/mol. The third kappa shape index (κ3) is 2.31. The maximum absolute atomic E-state index is 12.9. The fourth-order valence-corrected chi connectivity index (χ4v) is 5.23. The molecule has 0 fully saturated rings. The van der Waals surface area contributed by atoms with Gasteiger partial charge in [0.2, 0.25) is 0 Å². The zero-order valence-electron chi connectivity index (χ0n) is 12.3. The molecule has 7 heteroatoms. The third-order valence-corrected chi connectivity index (χ3v) is 6.51. The van der Waals surface area contributed by atoms with Crippen molar-refractivity contribution >= 4 is 22.7 Å². The lowest BCUT2D eigenvalue weighted by molar-refractivity contribution is -0.384. The Bertz CT molecular complexity index is 808. The highest BCUT2D eigenvalue weighted by atomic mass is 32.2. The molecule has 2 atom stereocenters. The number of rotatable bonds is 2. The quantitative estimate of drug-likeness (QED) is 0.667. The number of nitrogens with zero attached hydrogens (tertiary/aromatic N) is 2. The van der Waals surface area contributed by atoms with Gasteiger partial charge >= 0.3 is 0 Å². The smallest absolute Gasteiger partial charge is 0.269 e. The van der Waals surface area contributed by atoms with Crippen LogP contribution >= 0.6 is 0 Å². The molecule has 2 heterocycles. The first kappa shape index (κ1) is 14.3. The zero-order chi connectivity index (χ0) is 16.0. The number of nitro groups is 1. The Labute approximate surface area is 135 Å². The number of fused-ring (bicyclic) bond motifs is 1. The van der Waals surface area contributed by atoms with Crippen molar-refractivity contribution in [1.82, 2.24) is 5.43 Å². The lowest BCUT2D eigenvalue weighted by atomic mass is 9.90. The van der Waals surface area contributed by atoms with Crippen molar-refractivity contribution in [3.8, 4) is 0 Å². The molecule has 1 aromatic rings. The van der Waals surface area contributed by atoms with Crippen molar-refractivity contribution in [1.29, 1.82) is 0 Å². The Morgan fingerprint density at radius 2 is 2.04 bits per heavy atom. The van der Waals surface area contributed by atoms with E-state index in [1.807, 2.05) is 6.21 Å². The van der Waals surface area contributed by atoms with E-state index in [0.717, 1.165) is 41.0 Å². The summed E-state index contributed by atoms with van der Waals surface area (Å²) < 4.78 is 12.9. The van der Waals surface area contributed by atoms with E-state index < -0.39 is 15.7 Å². The number of hydrazone groups is 1. The highest BCUT2D eigenvalue weighted by molar-refractivity contribution is 7.89. The van der Waals surface area contributed by atoms with Gasteiger partial charge in [-0.1, -0.05) is 12.1 Å². The number of benzene rings is 1. The predicted octanol–water partition coefficient (Wildman–Crippen LogP) is 3.07. The van der Waals surface area contributed by atoms with Crippen LogP contribution < -0.4 is 5.43 Å². The SMILES string of the molecule is O=[N+]([O-])c1ccc(C2CC3=C(CCC4=C3NN=CC4)S2=O)cc1. The summed E-state index contributed by atoms with van der Waals surface area (Å²) in [5, 5.41) is 14.8. The van der Waals surface area contributed by atoms with Crippen LogP contribution in [0.5, 0.6) is 0 Å². The standard InChI is InChI=1S/C16H15N3O3S/c20-19(21)12-4-1-10(2-5-12)15-9-13-14(23(15)22)6-3-11-7-8-17-18-16(11)13/h1-2,4-5,8,15,18H,3,6-7,9H2. The summed E-state index contributed by atoms with van der Waals surface area (Å²) in [5.74, 6) is 0. The summed E-state index contributed by atoms with van der Waals surface area (Å²) in [4.78, 5) is 11.4. The fraction of sp³-hybridized carbons (Fsp3) is 0.312. The molecule has 3 aliphatic rings. The zero-order valence-corrected chi connectivity index (χ0v) is 13.1. The normalized spacial score (nSPS) is 25.9. The van der Waals surface area contributed by atoms with Crippen LogP contribution in [-0.4, -0.2) is 15.3 Å². The number of hydrogen-bond acceptors (Lipinski definition) is 5. The Kier molecular flexibility index (Phi) is 3.37. The van der Waals surface area contributed by atoms with E-state index in [2.05, 4.69) is 10.5 Å². The fourth-order valence-electron chi connectivity index (χ4n) is 3.43. The Hall–Kier alpha value is -2.28. The molecule has 1 N–H and O–H groups in total. The summed E-state index contributed by atoms with van der Waals surface area (Å²) in [7, 11) is -1.08. The van der Waals surface area contributed by atoms with Gasteiger partial charge in [0.15, 0.2) is 0 Å². The minimum atomic E-state index is -1.08. The largest absolute Gasteiger partial charge is 0.279 e. The number of allylic oxidation sites excluding steroid dienone is 3. The molecule has 0 spiro atoms. The second-order valence-corrected chi connectivity index (χ2v) is 7.50. The molecule has 4 rings (SSSR count). The summed E-state index contributed by atoms with van der Waals surface area (Å²) in [6.07, 6.45) is 5.17. The summed E-state index contributed by atoms with van der Waals surface area (Å²) in [6, 6.07) is 6.41. The van der Waals surface area contributed by atoms with Crippen LogP contribution in [0.1, 0.15) is 36.5 Å². The second kappa shape index (κ2) is 5.42. The minimum Gasteiger partial charge on any atom is -0.279 e. The first-order valence-electron chi connectivity index (χ1n) is 7.52. The molecule has 0 aromatic heterocycles. The van der Waals surface area contributed by atoms with Gasteiger partial charge in [-0.25, -0.2) is 0 Å². The minimum absolute atomic E-state index is 0.0588. The van der Waals surface area contributed by atoms with E-state index in [9.17, 15) is 14.3 Å². The Morgan fingerprint density at radius 3 is 2.78 bits per heavy atom. The van der Waals surface area contributed by atoms with Gasteiger partial charge in [-0.15, -0.1) is 0 Å². The number of hydrogen-bond donors (Lipinski definition) is 1. The van der Waals surface area contributed by atoms with Crippen molar-refractivity contribution < 1.29 is 9.13 Å². The first-order valence-corrected chi connectivity index (χ1v) is 8.73. The molecule has 1 aromatic carbocycles. The van der Waals surface area contributed by atoms with Gasteiger partial charge in [-0.3, -0.25) is 19.7 Å². The summed E-state index contributed by atoms with van der Waals surface area (Å²) >= 11 is 0. The van der Waals surface area contributed by atoms with Crippen LogP contribution in [-0.2, 0) is 10.8 Å². The van der Waals surface area contributed by atoms with Crippen molar-refractivity contribution in [2.24, 2.45) is 5.10 Å². The summed E-state index contributed by atoms with van der Waals surface area (Å²) in [5.41, 5.74) is 7.54. The molecule has 2 aliphatic heterocycles. The van der Waals surface area contributed by atoms with Crippen LogP contribution in [0.3, 0.4) is 0 Å². The van der Waals surface area contributed by atoms with Gasteiger partial charge in [0.1, 0.15) is 0 Å². The number of nitrogens with one attached hydrogen (secondary N) is 1. The van der Waals surface area contributed by atoms with E-state index in [1.165, 1.54) is 17.7 Å². The van der Waals surface area contributed by atoms with Crippen molar-refractivity contribution in [3.05, 3.63) is 61.7 Å². The molecule has 0 bridgehead atoms. The van der Waals surface area contributed by atoms with Crippen LogP contribution in [0.15, 0.2) is 51.1 Å². The topological polar surface area (TPSA) is 84.6 Å². The molecule has 0 saturated carbocycles. The predicted molar refractivity (Wildman–Crippen MR) is 88.1 cm³/mol. The molecule has 23 heavy (non-hydrogen) atoms. The molecule has 118 valence electrons. The van der Waals surface area contributed by atoms with E-state index in [-0.39, 0.29) is 10.9 Å². The van der Waals surface area contributed by atoms with Gasteiger partial charge in [-0.2, -0.15) is 5.10 Å². The van der Waals surface area contributed by atoms with Crippen LogP contribution in [0, 0.1) is 10.1 Å². The van der Waals surface area contributed by atoms with Crippen molar-refractivity contribution in [3.63, 3.8) is 0 Å². The molecular formula is C16H15N3O3S. The molecule has 1 aliphatic carbocycles. The van der Waals surface area contributed by atoms with E-state index in [0.29, 0.717) is 6.42 Å². The van der Waals surface area contributed by atoms with E-state index in [1.54, 1.807) is 12.1 Å². The highest BCUT2D eigenvalue weighted by Crippen LogP contribution is 2.47. The maximum atomic E-state index is 12.9. The summed E-state index contributed by atoms with van der Waals surface area (Å²) in [6.45, 7) is 0. The number of nitro benzene ring substituents is 1. The molecule has 6 nitrogen and oxygen atoms in total. The lowest BCUT2D eigenvalue weighted by Crippen LogP contribution is -2.19. The van der Waals surface area contributed by atoms with Gasteiger partial charge in [0.05, 0.1) is 26.7 Å². The van der Waals surface area contributed by atoms with Crippen LogP contribution in [0.2, 0.25) is 0 Å². The lowest BCUT2D eigenvalue weighted by Gasteiger charge is -2.23. The first-order chi connectivity index (χ1) is 11.1. The van der Waals surface area contributed by atoms with Gasteiger partial charge in [0.25, 0.3) is 5.69 Å². The Balaban J connectivity index is 1.64. The molecule has 0 amide bonds. The second-order valence-electron chi connectivity index (χ2n) is 5.85. The van der Waals surface area contributed by atoms with E-state index >= 15 is 0 Å². The monoisotopic (exact) mass is 329 g/mol. The maximum Gasteiger partial charge on any atom is 0.269 e. The molecule has 0 saturated heterocycles. The average molecular weight is 329 g/mol. The van der Waals surface area contributed by atoms with Gasteiger partial charge in [0, 0.05) is 29.7 Å². The Morgan fingerprint density at radius 1 is 1.26 bits per heavy atom. The van der Waals surface area contributed by atoms with Gasteiger partial charge < -0.3 is 0 Å². The molecule has 2 unspecified atom stereocenters. The van der Waals surface area contributed by atoms with E-state index in [4.69, 9.17) is 0 Å². The van der Waals surface area contributed by atoms with Crippen molar-refractivity contribution in [2.75, 3.05) is 0 Å². The van der Waals surface area contributed by atoms with Crippen LogP contribution in [0.4, 0.5) is 5.69 Å². The van der Waals surface area contributed by atoms with Crippen LogP contribution in [0.25, 0.3) is 0 Å². The highest BCUT2D eigenvalue weighted by Gasteiger charge is 2.37.